The Labute approximate surface area is 166 Å². The van der Waals surface area contributed by atoms with Crippen LogP contribution in [0.15, 0.2) is 11.6 Å². The number of carbonyl (C=O) groups excluding carboxylic acids is 2. The molecule has 0 aromatic carbocycles. The second-order valence-corrected chi connectivity index (χ2v) is 9.56. The molecule has 0 spiro atoms. The lowest BCUT2D eigenvalue weighted by Crippen LogP contribution is -2.62. The van der Waals surface area contributed by atoms with Crippen LogP contribution in [0.4, 0.5) is 0 Å². The summed E-state index contributed by atoms with van der Waals surface area (Å²) < 4.78 is 0. The lowest BCUT2D eigenvalue weighted by Gasteiger charge is -2.60. The summed E-state index contributed by atoms with van der Waals surface area (Å²) in [6.07, 6.45) is 5.74. The maximum atomic E-state index is 12.4. The van der Waals surface area contributed by atoms with Gasteiger partial charge in [0, 0.05) is 11.8 Å². The van der Waals surface area contributed by atoms with Crippen LogP contribution in [0.2, 0.25) is 0 Å². The number of allylic oxidation sites excluding steroid dienone is 1. The zero-order valence-corrected chi connectivity index (χ0v) is 16.9. The Balaban J connectivity index is 0.00000210. The predicted octanol–water partition coefficient (Wildman–Crippen LogP) is 2.20. The van der Waals surface area contributed by atoms with Crippen molar-refractivity contribution >= 4 is 24.0 Å². The normalized spacial score (nSPS) is 48.6. The number of fused-ring (bicyclic) bond motifs is 5. The molecule has 0 unspecified atom stereocenters. The summed E-state index contributed by atoms with van der Waals surface area (Å²) in [5.74, 6) is 0.140. The van der Waals surface area contributed by atoms with Crippen LogP contribution in [0.1, 0.15) is 58.8 Å². The molecule has 0 amide bonds. The van der Waals surface area contributed by atoms with Crippen molar-refractivity contribution in [3.8, 4) is 0 Å². The maximum absolute atomic E-state index is 12.4. The van der Waals surface area contributed by atoms with Gasteiger partial charge in [-0.1, -0.05) is 19.4 Å². The molecule has 27 heavy (non-hydrogen) atoms. The monoisotopic (exact) mass is 398 g/mol. The summed E-state index contributed by atoms with van der Waals surface area (Å²) in [4.78, 5) is 24.3. The average Bonchev–Trinajstić information content (AvgIpc) is 2.86. The van der Waals surface area contributed by atoms with E-state index in [2.05, 4.69) is 6.92 Å². The van der Waals surface area contributed by atoms with E-state index in [1.165, 1.54) is 5.57 Å². The minimum atomic E-state index is -1.54. The summed E-state index contributed by atoms with van der Waals surface area (Å²) in [6, 6.07) is 0. The molecule has 4 aliphatic carbocycles. The molecule has 4 rings (SSSR count). The molecule has 0 aliphatic heterocycles. The van der Waals surface area contributed by atoms with Gasteiger partial charge in [0.1, 0.15) is 12.2 Å². The first-order valence-corrected chi connectivity index (χ1v) is 9.96. The molecular formula is C21H31ClO5. The Hall–Kier alpha value is -0.750. The number of Topliss-reactive ketones (excluding diaryl/α,β-unsaturated/α-hetero) is 1. The summed E-state index contributed by atoms with van der Waals surface area (Å²) in [6.45, 7) is 3.46. The number of aliphatic hydroxyl groups excluding tert-OH is 2. The lowest BCUT2D eigenvalue weighted by atomic mass is 9.45. The van der Waals surface area contributed by atoms with E-state index in [4.69, 9.17) is 0 Å². The number of carbonyl (C=O) groups is 2. The molecule has 0 bridgehead atoms. The summed E-state index contributed by atoms with van der Waals surface area (Å²) in [7, 11) is 0. The van der Waals surface area contributed by atoms with Gasteiger partial charge in [-0.05, 0) is 67.8 Å². The Kier molecular flexibility index (Phi) is 5.17. The van der Waals surface area contributed by atoms with Gasteiger partial charge in [-0.25, -0.2) is 0 Å². The molecule has 0 aromatic heterocycles. The Morgan fingerprint density at radius 2 is 1.93 bits per heavy atom. The minimum absolute atomic E-state index is 0. The van der Waals surface area contributed by atoms with Crippen molar-refractivity contribution in [2.24, 2.45) is 28.6 Å². The van der Waals surface area contributed by atoms with Crippen molar-refractivity contribution in [3.05, 3.63) is 11.6 Å². The van der Waals surface area contributed by atoms with Crippen LogP contribution in [0.5, 0.6) is 0 Å². The van der Waals surface area contributed by atoms with Gasteiger partial charge in [0.2, 0.25) is 0 Å². The summed E-state index contributed by atoms with van der Waals surface area (Å²) >= 11 is 0. The number of hydrogen-bond acceptors (Lipinski definition) is 5. The van der Waals surface area contributed by atoms with Gasteiger partial charge in [-0.15, -0.1) is 12.4 Å². The van der Waals surface area contributed by atoms with E-state index in [0.717, 1.165) is 25.7 Å². The highest BCUT2D eigenvalue weighted by Crippen LogP contribution is 2.67. The molecule has 0 radical (unpaired) electrons. The topological polar surface area (TPSA) is 94.8 Å². The quantitative estimate of drug-likeness (QED) is 0.662. The minimum Gasteiger partial charge on any atom is -0.393 e. The second-order valence-electron chi connectivity index (χ2n) is 9.56. The second kappa shape index (κ2) is 6.65. The van der Waals surface area contributed by atoms with Crippen LogP contribution >= 0.6 is 12.4 Å². The van der Waals surface area contributed by atoms with Crippen molar-refractivity contribution in [1.82, 2.24) is 0 Å². The van der Waals surface area contributed by atoms with E-state index in [9.17, 15) is 24.9 Å². The average molecular weight is 399 g/mol. The third kappa shape index (κ3) is 2.61. The van der Waals surface area contributed by atoms with Crippen LogP contribution in [-0.4, -0.2) is 45.2 Å². The zero-order valence-electron chi connectivity index (χ0n) is 16.1. The van der Waals surface area contributed by atoms with Gasteiger partial charge in [0.25, 0.3) is 0 Å². The fourth-order valence-corrected chi connectivity index (χ4v) is 7.28. The third-order valence-corrected chi connectivity index (χ3v) is 8.65. The van der Waals surface area contributed by atoms with Crippen LogP contribution < -0.4 is 0 Å². The highest BCUT2D eigenvalue weighted by atomic mass is 35.5. The maximum Gasteiger partial charge on any atom is 0.190 e. The molecule has 0 saturated heterocycles. The van der Waals surface area contributed by atoms with E-state index in [0.29, 0.717) is 19.3 Å². The summed E-state index contributed by atoms with van der Waals surface area (Å²) in [5.41, 5.74) is -1.23. The Morgan fingerprint density at radius 1 is 1.22 bits per heavy atom. The SMILES string of the molecule is C[C@]12CCC(=O)C=C1CC[C@@H]1[C@@H]2[C@@H](O)C[C@@]2(C)[C@H]1CC[C@]2(O)C(=O)CO.Cl. The van der Waals surface area contributed by atoms with Crippen LogP contribution in [0.25, 0.3) is 0 Å². The highest BCUT2D eigenvalue weighted by Gasteiger charge is 2.68. The summed E-state index contributed by atoms with van der Waals surface area (Å²) in [5, 5.41) is 31.7. The fraction of sp³-hybridized carbons (Fsp3) is 0.810. The fourth-order valence-electron chi connectivity index (χ4n) is 7.28. The van der Waals surface area contributed by atoms with Crippen LogP contribution in [0, 0.1) is 28.6 Å². The van der Waals surface area contributed by atoms with Crippen molar-refractivity contribution in [2.45, 2.75) is 70.5 Å². The van der Waals surface area contributed by atoms with E-state index in [-0.39, 0.29) is 41.4 Å². The number of rotatable bonds is 2. The van der Waals surface area contributed by atoms with E-state index >= 15 is 0 Å². The first-order valence-electron chi connectivity index (χ1n) is 9.96. The number of aliphatic hydroxyl groups is 3. The van der Waals surface area contributed by atoms with Crippen molar-refractivity contribution in [2.75, 3.05) is 6.61 Å². The zero-order chi connectivity index (χ0) is 18.9. The van der Waals surface area contributed by atoms with Crippen molar-refractivity contribution < 1.29 is 24.9 Å². The number of ketones is 2. The van der Waals surface area contributed by atoms with Crippen LogP contribution in [0.3, 0.4) is 0 Å². The molecular weight excluding hydrogens is 368 g/mol. The molecule has 3 N–H and O–H groups in total. The van der Waals surface area contributed by atoms with Gasteiger partial charge >= 0.3 is 0 Å². The third-order valence-electron chi connectivity index (χ3n) is 8.65. The Bertz CT molecular complexity index is 690. The molecule has 0 heterocycles. The molecule has 7 atom stereocenters. The molecule has 3 fully saturated rings. The van der Waals surface area contributed by atoms with Gasteiger partial charge < -0.3 is 15.3 Å². The molecule has 6 heteroatoms. The number of hydrogen-bond donors (Lipinski definition) is 3. The smallest absolute Gasteiger partial charge is 0.190 e. The molecule has 0 aromatic rings. The highest BCUT2D eigenvalue weighted by molar-refractivity contribution is 5.91. The van der Waals surface area contributed by atoms with Crippen LogP contribution in [-0.2, 0) is 9.59 Å². The van der Waals surface area contributed by atoms with E-state index in [1.54, 1.807) is 6.08 Å². The predicted molar refractivity (Wildman–Crippen MR) is 102 cm³/mol. The molecule has 4 aliphatic rings. The van der Waals surface area contributed by atoms with Gasteiger partial charge in [0.05, 0.1) is 6.10 Å². The van der Waals surface area contributed by atoms with Gasteiger partial charge in [-0.3, -0.25) is 9.59 Å². The van der Waals surface area contributed by atoms with E-state index < -0.39 is 29.5 Å². The largest absolute Gasteiger partial charge is 0.393 e. The van der Waals surface area contributed by atoms with Gasteiger partial charge in [-0.2, -0.15) is 0 Å². The standard InChI is InChI=1S/C21H30O5.ClH/c1-19-7-5-13(23)9-12(19)3-4-14-15-6-8-21(26,17(25)11-22)20(15,2)10-16(24)18(14)19;/h9,14-16,18,22,24,26H,3-8,10-11H2,1-2H3;1H/t14-,15-,16-,18+,19-,20-,21-;/m0./s1. The van der Waals surface area contributed by atoms with Crippen molar-refractivity contribution in [1.29, 1.82) is 0 Å². The number of halogens is 1. The molecule has 3 saturated carbocycles. The first-order chi connectivity index (χ1) is 12.2. The first kappa shape index (κ1) is 21.0. The lowest BCUT2D eigenvalue weighted by molar-refractivity contribution is -0.182. The van der Waals surface area contributed by atoms with Crippen molar-refractivity contribution in [3.63, 3.8) is 0 Å². The Morgan fingerprint density at radius 3 is 2.59 bits per heavy atom. The molecule has 152 valence electrons. The van der Waals surface area contributed by atoms with Gasteiger partial charge in [0.15, 0.2) is 11.6 Å². The molecule has 5 nitrogen and oxygen atoms in total. The van der Waals surface area contributed by atoms with E-state index in [1.807, 2.05) is 6.92 Å².